The molecule has 0 bridgehead atoms. The van der Waals surface area contributed by atoms with E-state index in [4.69, 9.17) is 0 Å². The zero-order valence-corrected chi connectivity index (χ0v) is 15.0. The molecule has 0 radical (unpaired) electrons. The Hall–Kier alpha value is -2.14. The Bertz CT molecular complexity index is 756. The van der Waals surface area contributed by atoms with E-state index in [9.17, 15) is 4.79 Å². The third kappa shape index (κ3) is 2.97. The van der Waals surface area contributed by atoms with E-state index in [-0.39, 0.29) is 17.3 Å². The molecule has 2 saturated heterocycles. The lowest BCUT2D eigenvalue weighted by Crippen LogP contribution is -2.39. The summed E-state index contributed by atoms with van der Waals surface area (Å²) < 4.78 is 1.82. The van der Waals surface area contributed by atoms with E-state index >= 15 is 0 Å². The largest absolute Gasteiger partial charge is 0.341 e. The van der Waals surface area contributed by atoms with Crippen molar-refractivity contribution >= 4 is 5.91 Å². The first kappa shape index (κ1) is 16.3. The molecule has 5 nitrogen and oxygen atoms in total. The van der Waals surface area contributed by atoms with Gasteiger partial charge >= 0.3 is 0 Å². The average Bonchev–Trinajstić information content (AvgIpc) is 3.35. The number of likely N-dealkylation sites (tertiary alicyclic amines) is 1. The predicted octanol–water partition coefficient (Wildman–Crippen LogP) is 1.91. The molecule has 132 valence electrons. The Kier molecular flexibility index (Phi) is 4.12. The summed E-state index contributed by atoms with van der Waals surface area (Å²) in [6, 6.07) is 10.6. The summed E-state index contributed by atoms with van der Waals surface area (Å²) >= 11 is 0. The summed E-state index contributed by atoms with van der Waals surface area (Å²) in [5.74, 6) is 0.533. The number of aryl methyl sites for hydroxylation is 1. The van der Waals surface area contributed by atoms with Crippen molar-refractivity contribution in [2.45, 2.75) is 24.7 Å². The van der Waals surface area contributed by atoms with Crippen LogP contribution >= 0.6 is 0 Å². The lowest BCUT2D eigenvalue weighted by Gasteiger charge is -2.27. The normalized spacial score (nSPS) is 29.3. The first-order valence-electron chi connectivity index (χ1n) is 9.10. The van der Waals surface area contributed by atoms with Crippen molar-refractivity contribution in [1.29, 1.82) is 0 Å². The highest BCUT2D eigenvalue weighted by molar-refractivity contribution is 5.81. The molecule has 4 rings (SSSR count). The Balaban J connectivity index is 1.50. The molecule has 3 heterocycles. The molecule has 0 saturated carbocycles. The van der Waals surface area contributed by atoms with Crippen LogP contribution in [0.4, 0.5) is 0 Å². The van der Waals surface area contributed by atoms with Crippen LogP contribution in [0, 0.1) is 5.92 Å². The summed E-state index contributed by atoms with van der Waals surface area (Å²) in [5.41, 5.74) is 2.56. The van der Waals surface area contributed by atoms with Crippen molar-refractivity contribution in [2.75, 3.05) is 26.2 Å². The smallest absolute Gasteiger partial charge is 0.227 e. The molecule has 2 fully saturated rings. The maximum absolute atomic E-state index is 13.2. The monoisotopic (exact) mass is 338 g/mol. The number of rotatable bonds is 3. The van der Waals surface area contributed by atoms with Gasteiger partial charge in [0.2, 0.25) is 5.91 Å². The van der Waals surface area contributed by atoms with E-state index in [0.29, 0.717) is 5.91 Å². The van der Waals surface area contributed by atoms with Gasteiger partial charge in [0, 0.05) is 50.8 Å². The quantitative estimate of drug-likeness (QED) is 0.930. The van der Waals surface area contributed by atoms with Crippen LogP contribution in [0.5, 0.6) is 0 Å². The van der Waals surface area contributed by atoms with Crippen LogP contribution in [0.2, 0.25) is 0 Å². The fraction of sp³-hybridized carbons (Fsp3) is 0.500. The summed E-state index contributed by atoms with van der Waals surface area (Å²) in [4.78, 5) is 15.3. The Morgan fingerprint density at radius 3 is 2.80 bits per heavy atom. The van der Waals surface area contributed by atoms with Gasteiger partial charge in [-0.3, -0.25) is 9.48 Å². The highest BCUT2D eigenvalue weighted by Crippen LogP contribution is 2.36. The van der Waals surface area contributed by atoms with Crippen LogP contribution in [-0.4, -0.2) is 46.8 Å². The van der Waals surface area contributed by atoms with Gasteiger partial charge in [-0.15, -0.1) is 0 Å². The second kappa shape index (κ2) is 6.30. The van der Waals surface area contributed by atoms with Crippen molar-refractivity contribution < 1.29 is 4.79 Å². The van der Waals surface area contributed by atoms with Gasteiger partial charge in [-0.05, 0) is 17.5 Å². The molecule has 1 aromatic carbocycles. The third-order valence-corrected chi connectivity index (χ3v) is 5.94. The maximum Gasteiger partial charge on any atom is 0.227 e. The average molecular weight is 338 g/mol. The number of aromatic nitrogens is 2. The summed E-state index contributed by atoms with van der Waals surface area (Å²) in [6.07, 6.45) is 4.96. The lowest BCUT2D eigenvalue weighted by molar-refractivity contribution is -0.134. The molecule has 2 aromatic rings. The summed E-state index contributed by atoms with van der Waals surface area (Å²) in [5, 5.41) is 7.68. The zero-order chi connectivity index (χ0) is 17.4. The minimum absolute atomic E-state index is 0.0160. The molecule has 1 unspecified atom stereocenters. The number of benzene rings is 1. The van der Waals surface area contributed by atoms with Crippen LogP contribution < -0.4 is 5.32 Å². The van der Waals surface area contributed by atoms with Crippen molar-refractivity contribution in [2.24, 2.45) is 13.0 Å². The molecule has 0 spiro atoms. The number of nitrogens with zero attached hydrogens (tertiary/aromatic N) is 3. The molecule has 1 amide bonds. The number of nitrogens with one attached hydrogen (secondary N) is 1. The zero-order valence-electron chi connectivity index (χ0n) is 15.0. The highest BCUT2D eigenvalue weighted by Gasteiger charge is 2.42. The minimum Gasteiger partial charge on any atom is -0.341 e. The lowest BCUT2D eigenvalue weighted by atomic mass is 9.82. The molecule has 1 aromatic heterocycles. The maximum atomic E-state index is 13.2. The van der Waals surface area contributed by atoms with E-state index < -0.39 is 0 Å². The van der Waals surface area contributed by atoms with Crippen molar-refractivity contribution in [3.63, 3.8) is 0 Å². The topological polar surface area (TPSA) is 50.2 Å². The number of carbonyl (C=O) groups excluding carboxylic acids is 1. The fourth-order valence-corrected chi connectivity index (χ4v) is 4.38. The van der Waals surface area contributed by atoms with E-state index in [1.54, 1.807) is 0 Å². The number of hydrogen-bond donors (Lipinski definition) is 1. The second-order valence-corrected chi connectivity index (χ2v) is 7.76. The molecule has 5 heteroatoms. The van der Waals surface area contributed by atoms with Gasteiger partial charge in [-0.1, -0.05) is 37.3 Å². The van der Waals surface area contributed by atoms with Crippen molar-refractivity contribution in [3.8, 4) is 0 Å². The molecule has 25 heavy (non-hydrogen) atoms. The Labute approximate surface area is 149 Å². The molecular weight excluding hydrogens is 312 g/mol. The molecule has 0 aliphatic carbocycles. The van der Waals surface area contributed by atoms with E-state index in [1.165, 1.54) is 5.56 Å². The van der Waals surface area contributed by atoms with Crippen LogP contribution in [0.15, 0.2) is 42.7 Å². The van der Waals surface area contributed by atoms with Crippen LogP contribution in [0.3, 0.4) is 0 Å². The molecule has 1 N–H and O–H groups in total. The minimum atomic E-state index is 0.0160. The fourth-order valence-electron chi connectivity index (χ4n) is 4.38. The van der Waals surface area contributed by atoms with Crippen molar-refractivity contribution in [1.82, 2.24) is 20.0 Å². The van der Waals surface area contributed by atoms with Gasteiger partial charge in [0.25, 0.3) is 0 Å². The second-order valence-electron chi connectivity index (χ2n) is 7.76. The van der Waals surface area contributed by atoms with Gasteiger partial charge in [0.15, 0.2) is 0 Å². The van der Waals surface area contributed by atoms with Crippen molar-refractivity contribution in [3.05, 3.63) is 53.9 Å². The Morgan fingerprint density at radius 2 is 2.08 bits per heavy atom. The van der Waals surface area contributed by atoms with E-state index in [2.05, 4.69) is 46.5 Å². The SMILES string of the molecule is Cn1cc([C@H]2CNC[C@@H]2C(=O)N2CCC(C)(c3ccccc3)C2)cn1. The standard InChI is InChI=1S/C20H26N4O/c1-20(16-6-4-3-5-7-16)8-9-24(14-20)19(25)18-12-21-11-17(18)15-10-22-23(2)13-15/h3-7,10,13,17-18,21H,8-9,11-12,14H2,1-2H3/t17-,18+,20?/m1/s1. The van der Waals surface area contributed by atoms with Crippen LogP contribution in [0.1, 0.15) is 30.4 Å². The number of carbonyl (C=O) groups is 1. The first-order chi connectivity index (χ1) is 12.1. The van der Waals surface area contributed by atoms with Crippen LogP contribution in [-0.2, 0) is 17.3 Å². The van der Waals surface area contributed by atoms with E-state index in [0.717, 1.165) is 38.2 Å². The summed E-state index contributed by atoms with van der Waals surface area (Å²) in [6.45, 7) is 5.55. The third-order valence-electron chi connectivity index (χ3n) is 5.94. The molecule has 2 aliphatic heterocycles. The molecule has 2 aliphatic rings. The first-order valence-corrected chi connectivity index (χ1v) is 9.10. The van der Waals surface area contributed by atoms with Gasteiger partial charge < -0.3 is 10.2 Å². The highest BCUT2D eigenvalue weighted by atomic mass is 16.2. The van der Waals surface area contributed by atoms with Gasteiger partial charge in [-0.25, -0.2) is 0 Å². The number of amides is 1. The molecule has 3 atom stereocenters. The number of hydrogen-bond acceptors (Lipinski definition) is 3. The van der Waals surface area contributed by atoms with Crippen LogP contribution in [0.25, 0.3) is 0 Å². The Morgan fingerprint density at radius 1 is 1.28 bits per heavy atom. The van der Waals surface area contributed by atoms with Gasteiger partial charge in [0.05, 0.1) is 12.1 Å². The van der Waals surface area contributed by atoms with Gasteiger partial charge in [-0.2, -0.15) is 5.10 Å². The summed E-state index contributed by atoms with van der Waals surface area (Å²) in [7, 11) is 1.93. The van der Waals surface area contributed by atoms with Gasteiger partial charge in [0.1, 0.15) is 0 Å². The predicted molar refractivity (Wildman–Crippen MR) is 97.3 cm³/mol. The van der Waals surface area contributed by atoms with E-state index in [1.807, 2.05) is 30.2 Å². The molecular formula is C20H26N4O.